The molecule has 0 spiro atoms. The monoisotopic (exact) mass is 262 g/mol. The molecule has 1 heterocycles. The van der Waals surface area contributed by atoms with Crippen LogP contribution < -0.4 is 10.6 Å². The van der Waals surface area contributed by atoms with Crippen LogP contribution in [0.3, 0.4) is 0 Å². The van der Waals surface area contributed by atoms with E-state index >= 15 is 0 Å². The van der Waals surface area contributed by atoms with E-state index in [0.717, 1.165) is 12.2 Å². The fourth-order valence-electron chi connectivity index (χ4n) is 2.26. The Morgan fingerprint density at radius 2 is 2.11 bits per heavy atom. The van der Waals surface area contributed by atoms with Crippen LogP contribution in [0.4, 0.5) is 0 Å². The van der Waals surface area contributed by atoms with Crippen LogP contribution in [0.15, 0.2) is 29.2 Å². The van der Waals surface area contributed by atoms with E-state index in [1.807, 2.05) is 17.8 Å². The largest absolute Gasteiger partial charge is 0.348 e. The molecule has 3 nitrogen and oxygen atoms in total. The zero-order chi connectivity index (χ0) is 12.4. The summed E-state index contributed by atoms with van der Waals surface area (Å²) in [7, 11) is 0. The molecule has 2 N–H and O–H groups in total. The number of nitrogens with one attached hydrogen (secondary N) is 2. The molecule has 1 saturated carbocycles. The Labute approximate surface area is 112 Å². The number of amides is 1. The van der Waals surface area contributed by atoms with Gasteiger partial charge in [-0.3, -0.25) is 4.79 Å². The Bertz CT molecular complexity index is 445. The predicted molar refractivity (Wildman–Crippen MR) is 73.7 cm³/mol. The first kappa shape index (κ1) is 12.1. The smallest absolute Gasteiger partial charge is 0.234 e. The second-order valence-corrected chi connectivity index (χ2v) is 6.09. The highest BCUT2D eigenvalue weighted by molar-refractivity contribution is 7.99. The Morgan fingerprint density at radius 3 is 2.94 bits per heavy atom. The molecule has 0 bridgehead atoms. The molecule has 2 aliphatic rings. The van der Waals surface area contributed by atoms with Crippen LogP contribution >= 0.6 is 11.8 Å². The topological polar surface area (TPSA) is 41.1 Å². The predicted octanol–water partition coefficient (Wildman–Crippen LogP) is 2.09. The maximum Gasteiger partial charge on any atom is 0.234 e. The summed E-state index contributed by atoms with van der Waals surface area (Å²) in [5.74, 6) is 1.20. The molecule has 0 radical (unpaired) electrons. The number of rotatable bonds is 4. The highest BCUT2D eigenvalue weighted by Crippen LogP contribution is 2.35. The van der Waals surface area contributed by atoms with Crippen LogP contribution in [0, 0.1) is 0 Å². The van der Waals surface area contributed by atoms with Crippen molar-refractivity contribution < 1.29 is 4.79 Å². The summed E-state index contributed by atoms with van der Waals surface area (Å²) < 4.78 is 0. The highest BCUT2D eigenvalue weighted by atomic mass is 32.2. The summed E-state index contributed by atoms with van der Waals surface area (Å²) in [4.78, 5) is 13.2. The van der Waals surface area contributed by atoms with E-state index in [0.29, 0.717) is 12.6 Å². The lowest BCUT2D eigenvalue weighted by Crippen LogP contribution is -2.38. The van der Waals surface area contributed by atoms with Gasteiger partial charge in [0, 0.05) is 16.7 Å². The molecular formula is C14H18N2OS. The van der Waals surface area contributed by atoms with Gasteiger partial charge in [0.05, 0.1) is 12.6 Å². The van der Waals surface area contributed by atoms with E-state index in [1.54, 1.807) is 0 Å². The number of fused-ring (bicyclic) bond motifs is 1. The zero-order valence-corrected chi connectivity index (χ0v) is 11.1. The molecule has 18 heavy (non-hydrogen) atoms. The van der Waals surface area contributed by atoms with Crippen molar-refractivity contribution in [1.82, 2.24) is 10.6 Å². The lowest BCUT2D eigenvalue weighted by molar-refractivity contribution is -0.121. The van der Waals surface area contributed by atoms with Crippen molar-refractivity contribution in [3.63, 3.8) is 0 Å². The average Bonchev–Trinajstić information content (AvgIpc) is 3.21. The molecule has 1 atom stereocenters. The molecule has 1 aromatic rings. The fraction of sp³-hybridized carbons (Fsp3) is 0.500. The third-order valence-corrected chi connectivity index (χ3v) is 4.54. The van der Waals surface area contributed by atoms with Crippen LogP contribution in [-0.4, -0.2) is 24.2 Å². The molecule has 3 rings (SSSR count). The van der Waals surface area contributed by atoms with Gasteiger partial charge in [0.1, 0.15) is 0 Å². The van der Waals surface area contributed by atoms with Crippen molar-refractivity contribution in [3.8, 4) is 0 Å². The van der Waals surface area contributed by atoms with Gasteiger partial charge in [0.2, 0.25) is 5.91 Å². The molecule has 1 aliphatic carbocycles. The van der Waals surface area contributed by atoms with Crippen LogP contribution in [0.1, 0.15) is 30.9 Å². The minimum atomic E-state index is 0.119. The third kappa shape index (κ3) is 2.87. The maximum absolute atomic E-state index is 11.9. The molecular weight excluding hydrogens is 244 g/mol. The summed E-state index contributed by atoms with van der Waals surface area (Å²) in [5, 5.41) is 6.40. The standard InChI is InChI=1S/C14H18N2OS/c17-14(9-15-10-5-6-10)16-12-7-8-18-13-4-2-1-3-11(12)13/h1-4,10,12,15H,5-9H2,(H,16,17). The van der Waals surface area contributed by atoms with Gasteiger partial charge in [-0.15, -0.1) is 11.8 Å². The molecule has 1 aliphatic heterocycles. The number of hydrogen-bond acceptors (Lipinski definition) is 3. The van der Waals surface area contributed by atoms with Crippen LogP contribution in [0.5, 0.6) is 0 Å². The molecule has 1 aromatic carbocycles. The number of benzene rings is 1. The number of thioether (sulfide) groups is 1. The van der Waals surface area contributed by atoms with E-state index in [1.165, 1.54) is 23.3 Å². The average molecular weight is 262 g/mol. The normalized spacial score (nSPS) is 22.3. The van der Waals surface area contributed by atoms with Crippen molar-refractivity contribution in [2.45, 2.75) is 36.2 Å². The first-order chi connectivity index (χ1) is 8.83. The van der Waals surface area contributed by atoms with Gasteiger partial charge in [-0.1, -0.05) is 18.2 Å². The third-order valence-electron chi connectivity index (χ3n) is 3.42. The SMILES string of the molecule is O=C(CNC1CC1)NC1CCSc2ccccc21. The zero-order valence-electron chi connectivity index (χ0n) is 10.3. The quantitative estimate of drug-likeness (QED) is 0.873. The lowest BCUT2D eigenvalue weighted by Gasteiger charge is -2.25. The molecule has 1 unspecified atom stereocenters. The second-order valence-electron chi connectivity index (χ2n) is 4.95. The molecule has 1 fully saturated rings. The Hall–Kier alpha value is -1.00. The Kier molecular flexibility index (Phi) is 3.57. The maximum atomic E-state index is 11.9. The first-order valence-electron chi connectivity index (χ1n) is 6.57. The molecule has 4 heteroatoms. The summed E-state index contributed by atoms with van der Waals surface area (Å²) in [5.41, 5.74) is 1.27. The minimum Gasteiger partial charge on any atom is -0.348 e. The van der Waals surface area contributed by atoms with Crippen LogP contribution in [-0.2, 0) is 4.79 Å². The van der Waals surface area contributed by atoms with E-state index in [-0.39, 0.29) is 11.9 Å². The van der Waals surface area contributed by atoms with Gasteiger partial charge < -0.3 is 10.6 Å². The number of carbonyl (C=O) groups is 1. The molecule has 0 aromatic heterocycles. The first-order valence-corrected chi connectivity index (χ1v) is 7.56. The second kappa shape index (κ2) is 5.33. The van der Waals surface area contributed by atoms with Crippen molar-refractivity contribution in [2.75, 3.05) is 12.3 Å². The highest BCUT2D eigenvalue weighted by Gasteiger charge is 2.24. The molecule has 0 saturated heterocycles. The number of carbonyl (C=O) groups excluding carboxylic acids is 1. The van der Waals surface area contributed by atoms with Crippen molar-refractivity contribution >= 4 is 17.7 Å². The van der Waals surface area contributed by atoms with Gasteiger partial charge in [-0.2, -0.15) is 0 Å². The van der Waals surface area contributed by atoms with Gasteiger partial charge in [0.15, 0.2) is 0 Å². The number of hydrogen-bond donors (Lipinski definition) is 2. The van der Waals surface area contributed by atoms with Crippen molar-refractivity contribution in [3.05, 3.63) is 29.8 Å². The minimum absolute atomic E-state index is 0.119. The van der Waals surface area contributed by atoms with Crippen molar-refractivity contribution in [1.29, 1.82) is 0 Å². The Morgan fingerprint density at radius 1 is 1.28 bits per heavy atom. The van der Waals surface area contributed by atoms with Crippen LogP contribution in [0.25, 0.3) is 0 Å². The summed E-state index contributed by atoms with van der Waals surface area (Å²) in [6, 6.07) is 9.15. The fourth-order valence-corrected chi connectivity index (χ4v) is 3.39. The summed E-state index contributed by atoms with van der Waals surface area (Å²) >= 11 is 1.88. The van der Waals surface area contributed by atoms with Gasteiger partial charge in [0.25, 0.3) is 0 Å². The molecule has 1 amide bonds. The van der Waals surface area contributed by atoms with E-state index < -0.39 is 0 Å². The van der Waals surface area contributed by atoms with Gasteiger partial charge in [-0.25, -0.2) is 0 Å². The Balaban J connectivity index is 1.60. The lowest BCUT2D eigenvalue weighted by atomic mass is 10.0. The van der Waals surface area contributed by atoms with Crippen molar-refractivity contribution in [2.24, 2.45) is 0 Å². The van der Waals surface area contributed by atoms with Crippen LogP contribution in [0.2, 0.25) is 0 Å². The van der Waals surface area contributed by atoms with E-state index in [9.17, 15) is 4.79 Å². The summed E-state index contributed by atoms with van der Waals surface area (Å²) in [6.45, 7) is 0.455. The van der Waals surface area contributed by atoms with Gasteiger partial charge >= 0.3 is 0 Å². The van der Waals surface area contributed by atoms with E-state index in [2.05, 4.69) is 28.8 Å². The van der Waals surface area contributed by atoms with E-state index in [4.69, 9.17) is 0 Å². The summed E-state index contributed by atoms with van der Waals surface area (Å²) in [6.07, 6.45) is 3.46. The molecule has 96 valence electrons. The van der Waals surface area contributed by atoms with Gasteiger partial charge in [-0.05, 0) is 30.9 Å².